The zero-order valence-corrected chi connectivity index (χ0v) is 10.5. The van der Waals surface area contributed by atoms with Gasteiger partial charge in [0.2, 0.25) is 0 Å². The van der Waals surface area contributed by atoms with E-state index < -0.39 is 0 Å². The summed E-state index contributed by atoms with van der Waals surface area (Å²) in [5.74, 6) is 0.246. The Kier molecular flexibility index (Phi) is 3.54. The zero-order valence-electron chi connectivity index (χ0n) is 10.5. The van der Waals surface area contributed by atoms with Gasteiger partial charge in [0.1, 0.15) is 5.75 Å². The average Bonchev–Trinajstić information content (AvgIpc) is 2.35. The lowest BCUT2D eigenvalue weighted by Crippen LogP contribution is -2.44. The third-order valence-electron chi connectivity index (χ3n) is 3.58. The molecular formula is C13H21N3O. The Morgan fingerprint density at radius 3 is 2.65 bits per heavy atom. The van der Waals surface area contributed by atoms with E-state index in [4.69, 9.17) is 5.73 Å². The fourth-order valence-corrected chi connectivity index (χ4v) is 2.51. The summed E-state index contributed by atoms with van der Waals surface area (Å²) in [5.41, 5.74) is 8.31. The molecule has 0 unspecified atom stereocenters. The minimum Gasteiger partial charge on any atom is -0.505 e. The van der Waals surface area contributed by atoms with E-state index in [0.29, 0.717) is 5.69 Å². The number of benzene rings is 1. The average molecular weight is 235 g/mol. The van der Waals surface area contributed by atoms with Gasteiger partial charge >= 0.3 is 0 Å². The number of aromatic hydroxyl groups is 1. The lowest BCUT2D eigenvalue weighted by atomic mass is 9.98. The van der Waals surface area contributed by atoms with E-state index in [1.165, 1.54) is 0 Å². The number of phenols is 1. The van der Waals surface area contributed by atoms with E-state index in [9.17, 15) is 5.11 Å². The van der Waals surface area contributed by atoms with Crippen LogP contribution in [0.15, 0.2) is 12.1 Å². The molecule has 17 heavy (non-hydrogen) atoms. The number of rotatable bonds is 2. The summed E-state index contributed by atoms with van der Waals surface area (Å²) in [6, 6.07) is 3.95. The monoisotopic (exact) mass is 235 g/mol. The van der Waals surface area contributed by atoms with Gasteiger partial charge in [-0.05, 0) is 25.5 Å². The number of nitrogens with zero attached hydrogens (tertiary/aromatic N) is 1. The van der Waals surface area contributed by atoms with Crippen molar-refractivity contribution in [2.45, 2.75) is 19.9 Å². The molecule has 1 fully saturated rings. The van der Waals surface area contributed by atoms with Crippen LogP contribution in [0.5, 0.6) is 5.75 Å². The highest BCUT2D eigenvalue weighted by molar-refractivity contribution is 5.59. The maximum absolute atomic E-state index is 10.1. The van der Waals surface area contributed by atoms with E-state index in [1.54, 1.807) is 6.07 Å². The third kappa shape index (κ3) is 2.37. The van der Waals surface area contributed by atoms with Crippen LogP contribution in [-0.4, -0.2) is 36.2 Å². The highest BCUT2D eigenvalue weighted by Crippen LogP contribution is 2.35. The second-order valence-electron chi connectivity index (χ2n) is 4.70. The summed E-state index contributed by atoms with van der Waals surface area (Å²) in [7, 11) is 0. The van der Waals surface area contributed by atoms with Gasteiger partial charge in [-0.25, -0.2) is 0 Å². The molecule has 0 bridgehead atoms. The number of anilines is 1. The quantitative estimate of drug-likeness (QED) is 0.533. The third-order valence-corrected chi connectivity index (χ3v) is 3.58. The second kappa shape index (κ2) is 4.94. The first-order valence-electron chi connectivity index (χ1n) is 6.14. The topological polar surface area (TPSA) is 61.5 Å². The molecule has 4 N–H and O–H groups in total. The number of phenolic OH excluding ortho intramolecular Hbond substituents is 1. The van der Waals surface area contributed by atoms with Crippen molar-refractivity contribution >= 4 is 5.69 Å². The number of aryl methyl sites for hydroxylation is 1. The van der Waals surface area contributed by atoms with Gasteiger partial charge in [0.15, 0.2) is 0 Å². The van der Waals surface area contributed by atoms with Crippen molar-refractivity contribution in [2.24, 2.45) is 0 Å². The maximum Gasteiger partial charge on any atom is 0.143 e. The van der Waals surface area contributed by atoms with Gasteiger partial charge in [0.25, 0.3) is 0 Å². The standard InChI is InChI=1S/C13H21N3O/c1-9-3-4-11(14)13(17)12(9)10(2)16-7-5-15-6-8-16/h3-4,10,15,17H,5-8,14H2,1-2H3/t10-/m1/s1. The summed E-state index contributed by atoms with van der Waals surface area (Å²) in [6.07, 6.45) is 0. The number of hydrogen-bond acceptors (Lipinski definition) is 4. The van der Waals surface area contributed by atoms with Crippen molar-refractivity contribution in [3.8, 4) is 5.75 Å². The van der Waals surface area contributed by atoms with Crippen LogP contribution in [0, 0.1) is 6.92 Å². The number of piperazine rings is 1. The fourth-order valence-electron chi connectivity index (χ4n) is 2.51. The predicted molar refractivity (Wildman–Crippen MR) is 70.1 cm³/mol. The smallest absolute Gasteiger partial charge is 0.143 e. The SMILES string of the molecule is Cc1ccc(N)c(O)c1[C@@H](C)N1CCNCC1. The van der Waals surface area contributed by atoms with Crippen molar-refractivity contribution < 1.29 is 5.11 Å². The Bertz CT molecular complexity index is 400. The fraction of sp³-hybridized carbons (Fsp3) is 0.538. The molecule has 1 aliphatic heterocycles. The normalized spacial score (nSPS) is 19.2. The highest BCUT2D eigenvalue weighted by Gasteiger charge is 2.22. The molecule has 0 saturated carbocycles. The lowest BCUT2D eigenvalue weighted by molar-refractivity contribution is 0.182. The number of nitrogens with one attached hydrogen (secondary N) is 1. The Morgan fingerprint density at radius 2 is 2.00 bits per heavy atom. The summed E-state index contributed by atoms with van der Waals surface area (Å²) in [5, 5.41) is 13.4. The molecule has 1 aromatic carbocycles. The first-order valence-corrected chi connectivity index (χ1v) is 6.14. The largest absolute Gasteiger partial charge is 0.505 e. The van der Waals surface area contributed by atoms with Crippen molar-refractivity contribution in [3.05, 3.63) is 23.3 Å². The van der Waals surface area contributed by atoms with E-state index in [2.05, 4.69) is 17.1 Å². The summed E-state index contributed by atoms with van der Waals surface area (Å²) in [6.45, 7) is 8.18. The first-order chi connectivity index (χ1) is 8.11. The van der Waals surface area contributed by atoms with Crippen LogP contribution < -0.4 is 11.1 Å². The maximum atomic E-state index is 10.1. The van der Waals surface area contributed by atoms with Crippen LogP contribution in [-0.2, 0) is 0 Å². The lowest BCUT2D eigenvalue weighted by Gasteiger charge is -2.34. The Labute approximate surface area is 102 Å². The van der Waals surface area contributed by atoms with E-state index in [0.717, 1.165) is 37.3 Å². The minimum atomic E-state index is 0.209. The molecule has 4 nitrogen and oxygen atoms in total. The Morgan fingerprint density at radius 1 is 1.35 bits per heavy atom. The van der Waals surface area contributed by atoms with Gasteiger partial charge in [-0.15, -0.1) is 0 Å². The van der Waals surface area contributed by atoms with Crippen LogP contribution >= 0.6 is 0 Å². The number of nitrogens with two attached hydrogens (primary N) is 1. The molecule has 0 amide bonds. The molecule has 1 aromatic rings. The van der Waals surface area contributed by atoms with Crippen LogP contribution in [0.4, 0.5) is 5.69 Å². The zero-order chi connectivity index (χ0) is 12.4. The molecule has 4 heteroatoms. The van der Waals surface area contributed by atoms with Gasteiger partial charge in [-0.1, -0.05) is 6.07 Å². The number of nitrogen functional groups attached to an aromatic ring is 1. The molecule has 0 spiro atoms. The molecule has 1 aliphatic rings. The highest BCUT2D eigenvalue weighted by atomic mass is 16.3. The van der Waals surface area contributed by atoms with Crippen molar-refractivity contribution in [2.75, 3.05) is 31.9 Å². The van der Waals surface area contributed by atoms with Gasteiger partial charge in [0.05, 0.1) is 5.69 Å². The molecule has 0 radical (unpaired) electrons. The molecule has 1 heterocycles. The van der Waals surface area contributed by atoms with Gasteiger partial charge in [-0.3, -0.25) is 4.90 Å². The van der Waals surface area contributed by atoms with E-state index in [1.807, 2.05) is 13.0 Å². The van der Waals surface area contributed by atoms with Gasteiger partial charge in [-0.2, -0.15) is 0 Å². The molecule has 1 atom stereocenters. The van der Waals surface area contributed by atoms with Crippen LogP contribution in [0.1, 0.15) is 24.1 Å². The van der Waals surface area contributed by atoms with Crippen LogP contribution in [0.2, 0.25) is 0 Å². The predicted octanol–water partition coefficient (Wildman–Crippen LogP) is 1.25. The molecular weight excluding hydrogens is 214 g/mol. The molecule has 2 rings (SSSR count). The Hall–Kier alpha value is -1.26. The van der Waals surface area contributed by atoms with Gasteiger partial charge < -0.3 is 16.2 Å². The minimum absolute atomic E-state index is 0.209. The van der Waals surface area contributed by atoms with Crippen molar-refractivity contribution in [1.29, 1.82) is 0 Å². The first kappa shape index (κ1) is 12.2. The van der Waals surface area contributed by atoms with Crippen LogP contribution in [0.25, 0.3) is 0 Å². The van der Waals surface area contributed by atoms with Crippen molar-refractivity contribution in [3.63, 3.8) is 0 Å². The van der Waals surface area contributed by atoms with E-state index >= 15 is 0 Å². The summed E-state index contributed by atoms with van der Waals surface area (Å²) < 4.78 is 0. The van der Waals surface area contributed by atoms with E-state index in [-0.39, 0.29) is 11.8 Å². The van der Waals surface area contributed by atoms with Crippen LogP contribution in [0.3, 0.4) is 0 Å². The molecule has 94 valence electrons. The number of hydrogen-bond donors (Lipinski definition) is 3. The second-order valence-corrected chi connectivity index (χ2v) is 4.70. The Balaban J connectivity index is 2.29. The molecule has 1 saturated heterocycles. The summed E-state index contributed by atoms with van der Waals surface area (Å²) in [4.78, 5) is 2.37. The van der Waals surface area contributed by atoms with Gasteiger partial charge in [0, 0.05) is 37.8 Å². The summed E-state index contributed by atoms with van der Waals surface area (Å²) >= 11 is 0. The van der Waals surface area contributed by atoms with Crippen molar-refractivity contribution in [1.82, 2.24) is 10.2 Å². The molecule has 0 aliphatic carbocycles. The molecule has 0 aromatic heterocycles.